The fourth-order valence-electron chi connectivity index (χ4n) is 1.55. The minimum absolute atomic E-state index is 0.209. The maximum absolute atomic E-state index is 13.2. The Morgan fingerprint density at radius 1 is 1.47 bits per heavy atom. The Bertz CT molecular complexity index is 374. The molecule has 17 heavy (non-hydrogen) atoms. The number of rotatable bonds is 2. The molecule has 0 radical (unpaired) electrons. The van der Waals surface area contributed by atoms with Crippen molar-refractivity contribution in [3.05, 3.63) is 35.9 Å². The Labute approximate surface area is 110 Å². The molecule has 1 aromatic carbocycles. The van der Waals surface area contributed by atoms with Crippen LogP contribution in [0.2, 0.25) is 0 Å². The van der Waals surface area contributed by atoms with E-state index in [2.05, 4.69) is 0 Å². The molecule has 1 unspecified atom stereocenters. The first-order valence-electron chi connectivity index (χ1n) is 5.43. The third-order valence-electron chi connectivity index (χ3n) is 2.45. The van der Waals surface area contributed by atoms with E-state index < -0.39 is 10.3 Å². The molecule has 1 aliphatic heterocycles. The van der Waals surface area contributed by atoms with Crippen molar-refractivity contribution in [1.29, 1.82) is 0 Å². The van der Waals surface area contributed by atoms with Crippen LogP contribution in [0.15, 0.2) is 30.3 Å². The van der Waals surface area contributed by atoms with Gasteiger partial charge in [-0.15, -0.1) is 0 Å². The van der Waals surface area contributed by atoms with Gasteiger partial charge in [0.2, 0.25) is 0 Å². The summed E-state index contributed by atoms with van der Waals surface area (Å²) < 4.78 is 18.3. The zero-order chi connectivity index (χ0) is 12.1. The van der Waals surface area contributed by atoms with Crippen LogP contribution < -0.4 is 21.2 Å². The fraction of sp³-hybridized carbons (Fsp3) is 0.417. The van der Waals surface area contributed by atoms with Crippen molar-refractivity contribution in [2.24, 2.45) is 0 Å². The van der Waals surface area contributed by atoms with Crippen LogP contribution in [0, 0.1) is 0 Å². The number of ether oxygens (including phenoxy) is 1. The standard InChI is InChI=1S/C12H14FINO2/c13-11-8-15(7-6-14-11)12(16)17-9-10-4-2-1-3-5-10/h1-5,11H,6-9H2/q-1. The Morgan fingerprint density at radius 3 is 2.94 bits per heavy atom. The van der Waals surface area contributed by atoms with Crippen molar-refractivity contribution in [2.75, 3.05) is 17.5 Å². The van der Waals surface area contributed by atoms with Crippen molar-refractivity contribution in [2.45, 2.75) is 10.8 Å². The summed E-state index contributed by atoms with van der Waals surface area (Å²) in [5.41, 5.74) is 0.946. The first-order valence-corrected chi connectivity index (χ1v) is 8.20. The molecule has 1 amide bonds. The van der Waals surface area contributed by atoms with E-state index in [1.807, 2.05) is 30.3 Å². The van der Waals surface area contributed by atoms with Crippen LogP contribution in [-0.2, 0) is 11.3 Å². The normalized spacial score (nSPS) is 20.5. The van der Waals surface area contributed by atoms with Gasteiger partial charge in [-0.05, 0) is 0 Å². The summed E-state index contributed by atoms with van der Waals surface area (Å²) in [4.78, 5) is 13.1. The average molecular weight is 350 g/mol. The monoisotopic (exact) mass is 350 g/mol. The summed E-state index contributed by atoms with van der Waals surface area (Å²) in [6, 6.07) is 9.49. The molecule has 0 saturated carbocycles. The van der Waals surface area contributed by atoms with E-state index in [1.165, 1.54) is 4.90 Å². The van der Waals surface area contributed by atoms with Crippen LogP contribution in [0.1, 0.15) is 5.56 Å². The van der Waals surface area contributed by atoms with E-state index in [0.29, 0.717) is 6.54 Å². The van der Waals surface area contributed by atoms with Gasteiger partial charge in [-0.3, -0.25) is 0 Å². The number of carbonyl (C=O) groups excluding carboxylic acids is 1. The Kier molecular flexibility index (Phi) is 4.58. The predicted octanol–water partition coefficient (Wildman–Crippen LogP) is -0.977. The molecule has 0 spiro atoms. The minimum atomic E-state index is -0.799. The molecule has 1 aliphatic rings. The van der Waals surface area contributed by atoms with Crippen molar-refractivity contribution in [3.8, 4) is 0 Å². The van der Waals surface area contributed by atoms with Gasteiger partial charge in [0.05, 0.1) is 0 Å². The number of alkyl halides is 3. The third-order valence-corrected chi connectivity index (χ3v) is 4.91. The second-order valence-electron chi connectivity index (χ2n) is 3.72. The third kappa shape index (κ3) is 3.83. The van der Waals surface area contributed by atoms with Gasteiger partial charge in [-0.1, -0.05) is 0 Å². The van der Waals surface area contributed by atoms with E-state index in [-0.39, 0.29) is 34.4 Å². The van der Waals surface area contributed by atoms with Gasteiger partial charge in [0.1, 0.15) is 0 Å². The second kappa shape index (κ2) is 6.18. The number of halogens is 2. The number of carbonyl (C=O) groups is 1. The van der Waals surface area contributed by atoms with Crippen LogP contribution >= 0.6 is 0 Å². The number of hydrogen-bond acceptors (Lipinski definition) is 2. The Balaban J connectivity index is 1.81. The molecule has 0 N–H and O–H groups in total. The van der Waals surface area contributed by atoms with Gasteiger partial charge in [0.25, 0.3) is 0 Å². The molecule has 5 heteroatoms. The summed E-state index contributed by atoms with van der Waals surface area (Å²) in [5, 5.41) is 0. The molecule has 94 valence electrons. The molecule has 1 aromatic rings. The SMILES string of the molecule is O=C(OCc1ccccc1)N1CC[I-]C(F)C1. The topological polar surface area (TPSA) is 29.5 Å². The molecule has 3 nitrogen and oxygen atoms in total. The molecule has 1 saturated heterocycles. The number of amides is 1. The first-order chi connectivity index (χ1) is 8.25. The van der Waals surface area contributed by atoms with E-state index in [0.717, 1.165) is 9.99 Å². The Morgan fingerprint density at radius 2 is 2.24 bits per heavy atom. The average Bonchev–Trinajstić information content (AvgIpc) is 2.37. The number of benzene rings is 1. The van der Waals surface area contributed by atoms with Crippen LogP contribution in [0.25, 0.3) is 0 Å². The van der Waals surface area contributed by atoms with E-state index in [9.17, 15) is 9.18 Å². The summed E-state index contributed by atoms with van der Waals surface area (Å²) in [6.07, 6.45) is -0.403. The van der Waals surface area contributed by atoms with Crippen molar-refractivity contribution >= 4 is 6.09 Å². The van der Waals surface area contributed by atoms with Crippen LogP contribution in [-0.4, -0.2) is 32.7 Å². The van der Waals surface area contributed by atoms with E-state index in [1.54, 1.807) is 0 Å². The van der Waals surface area contributed by atoms with Crippen molar-refractivity contribution in [1.82, 2.24) is 4.90 Å². The van der Waals surface area contributed by atoms with Crippen molar-refractivity contribution in [3.63, 3.8) is 0 Å². The van der Waals surface area contributed by atoms with Gasteiger partial charge in [-0.25, -0.2) is 0 Å². The molecule has 0 aliphatic carbocycles. The molecule has 1 heterocycles. The quantitative estimate of drug-likeness (QED) is 0.507. The van der Waals surface area contributed by atoms with Crippen molar-refractivity contribution < 1.29 is 35.1 Å². The molecule has 1 atom stereocenters. The predicted molar refractivity (Wildman–Crippen MR) is 58.0 cm³/mol. The summed E-state index contributed by atoms with van der Waals surface area (Å²) in [7, 11) is 0. The number of nitrogens with zero attached hydrogens (tertiary/aromatic N) is 1. The Hall–Kier alpha value is -0.850. The molecule has 2 rings (SSSR count). The fourth-order valence-corrected chi connectivity index (χ4v) is 3.84. The molecular weight excluding hydrogens is 336 g/mol. The van der Waals surface area contributed by atoms with Gasteiger partial charge in [-0.2, -0.15) is 0 Å². The molecule has 0 aromatic heterocycles. The first kappa shape index (κ1) is 12.6. The zero-order valence-corrected chi connectivity index (χ0v) is 11.5. The molecule has 0 bridgehead atoms. The molecule has 1 fully saturated rings. The maximum atomic E-state index is 13.2. The van der Waals surface area contributed by atoms with Gasteiger partial charge >= 0.3 is 110 Å². The van der Waals surface area contributed by atoms with Crippen LogP contribution in [0.4, 0.5) is 9.18 Å². The van der Waals surface area contributed by atoms with Gasteiger partial charge < -0.3 is 0 Å². The van der Waals surface area contributed by atoms with Gasteiger partial charge in [0.15, 0.2) is 0 Å². The van der Waals surface area contributed by atoms with Gasteiger partial charge in [0, 0.05) is 0 Å². The van der Waals surface area contributed by atoms with Crippen LogP contribution in [0.3, 0.4) is 0 Å². The van der Waals surface area contributed by atoms with E-state index >= 15 is 0 Å². The molecular formula is C12H14FINO2-. The second-order valence-corrected chi connectivity index (χ2v) is 7.03. The summed E-state index contributed by atoms with van der Waals surface area (Å²) >= 11 is -0.371. The zero-order valence-electron chi connectivity index (χ0n) is 9.31. The van der Waals surface area contributed by atoms with E-state index in [4.69, 9.17) is 4.74 Å². The summed E-state index contributed by atoms with van der Waals surface area (Å²) in [5.74, 6) is 0. The summed E-state index contributed by atoms with van der Waals surface area (Å²) in [6.45, 7) is 1.10. The number of hydrogen-bond donors (Lipinski definition) is 0. The van der Waals surface area contributed by atoms with Crippen LogP contribution in [0.5, 0.6) is 0 Å².